The summed E-state index contributed by atoms with van der Waals surface area (Å²) in [5.74, 6) is 0.628. The van der Waals surface area contributed by atoms with Crippen molar-refractivity contribution in [3.05, 3.63) is 51.2 Å². The Bertz CT molecular complexity index is 613. The molecule has 0 atom stereocenters. The number of benzene rings is 1. The molecule has 2 aromatic rings. The van der Waals surface area contributed by atoms with E-state index in [-0.39, 0.29) is 0 Å². The van der Waals surface area contributed by atoms with E-state index in [1.807, 2.05) is 18.2 Å². The second-order valence-corrected chi connectivity index (χ2v) is 5.47. The van der Waals surface area contributed by atoms with Gasteiger partial charge in [-0.05, 0) is 41.1 Å². The Morgan fingerprint density at radius 1 is 1.30 bits per heavy atom. The van der Waals surface area contributed by atoms with Crippen molar-refractivity contribution in [2.45, 2.75) is 26.4 Å². The van der Waals surface area contributed by atoms with Gasteiger partial charge in [0.15, 0.2) is 0 Å². The molecule has 0 fully saturated rings. The lowest BCUT2D eigenvalue weighted by molar-refractivity contribution is 0.413. The number of nitrogens with one attached hydrogen (secondary N) is 1. The zero-order valence-electron chi connectivity index (χ0n) is 11.8. The Labute approximate surface area is 123 Å². The van der Waals surface area contributed by atoms with Gasteiger partial charge >= 0.3 is 0 Å². The number of methoxy groups -OCH3 is 1. The van der Waals surface area contributed by atoms with Crippen LogP contribution in [0, 0.1) is 11.3 Å². The van der Waals surface area contributed by atoms with Crippen molar-refractivity contribution in [3.63, 3.8) is 0 Å². The van der Waals surface area contributed by atoms with Gasteiger partial charge in [-0.1, -0.05) is 13.0 Å². The molecule has 0 spiro atoms. The quantitative estimate of drug-likeness (QED) is 0.884. The Morgan fingerprint density at radius 2 is 2.15 bits per heavy atom. The first-order chi connectivity index (χ1) is 9.78. The fraction of sp³-hybridized carbons (Fsp3) is 0.312. The summed E-state index contributed by atoms with van der Waals surface area (Å²) in [6.45, 7) is 3.79. The first-order valence-corrected chi connectivity index (χ1v) is 7.49. The molecular formula is C16H18N2OS. The minimum atomic E-state index is 0.581. The Hall–Kier alpha value is -1.83. The smallest absolute Gasteiger partial charge is 0.136 e. The van der Waals surface area contributed by atoms with Gasteiger partial charge in [0, 0.05) is 18.0 Å². The van der Waals surface area contributed by atoms with E-state index in [9.17, 15) is 0 Å². The SMILES string of the molecule is CCc1ccsc1CNCc1ccc(OC)c(C#N)c1. The van der Waals surface area contributed by atoms with E-state index >= 15 is 0 Å². The highest BCUT2D eigenvalue weighted by molar-refractivity contribution is 7.10. The van der Waals surface area contributed by atoms with Gasteiger partial charge in [0.25, 0.3) is 0 Å². The Morgan fingerprint density at radius 3 is 2.85 bits per heavy atom. The van der Waals surface area contributed by atoms with Crippen LogP contribution in [0.15, 0.2) is 29.6 Å². The first-order valence-electron chi connectivity index (χ1n) is 6.61. The third-order valence-electron chi connectivity index (χ3n) is 3.22. The molecule has 2 rings (SSSR count). The number of ether oxygens (including phenoxy) is 1. The normalized spacial score (nSPS) is 10.2. The van der Waals surface area contributed by atoms with Crippen LogP contribution in [0.2, 0.25) is 0 Å². The molecule has 0 aliphatic rings. The highest BCUT2D eigenvalue weighted by Gasteiger charge is 2.05. The molecule has 0 saturated carbocycles. The van der Waals surface area contributed by atoms with Gasteiger partial charge in [0.2, 0.25) is 0 Å². The van der Waals surface area contributed by atoms with Crippen LogP contribution < -0.4 is 10.1 Å². The van der Waals surface area contributed by atoms with Crippen molar-refractivity contribution in [2.75, 3.05) is 7.11 Å². The highest BCUT2D eigenvalue weighted by Crippen LogP contribution is 2.20. The fourth-order valence-corrected chi connectivity index (χ4v) is 3.06. The highest BCUT2D eigenvalue weighted by atomic mass is 32.1. The number of nitriles is 1. The summed E-state index contributed by atoms with van der Waals surface area (Å²) in [5.41, 5.74) is 3.09. The maximum absolute atomic E-state index is 9.07. The molecule has 0 radical (unpaired) electrons. The molecule has 1 N–H and O–H groups in total. The van der Waals surface area contributed by atoms with E-state index < -0.39 is 0 Å². The standard InChI is InChI=1S/C16H18N2OS/c1-3-13-6-7-20-16(13)11-18-10-12-4-5-15(19-2)14(8-12)9-17/h4-8,18H,3,10-11H2,1-2H3. The van der Waals surface area contributed by atoms with Gasteiger partial charge in [-0.3, -0.25) is 0 Å². The van der Waals surface area contributed by atoms with Crippen molar-refractivity contribution >= 4 is 11.3 Å². The van der Waals surface area contributed by atoms with Crippen LogP contribution in [0.1, 0.15) is 28.5 Å². The molecule has 0 unspecified atom stereocenters. The summed E-state index contributed by atoms with van der Waals surface area (Å²) < 4.78 is 5.14. The predicted molar refractivity (Wildman–Crippen MR) is 81.9 cm³/mol. The van der Waals surface area contributed by atoms with Gasteiger partial charge < -0.3 is 10.1 Å². The van der Waals surface area contributed by atoms with E-state index in [2.05, 4.69) is 29.8 Å². The lowest BCUT2D eigenvalue weighted by Crippen LogP contribution is -2.12. The first kappa shape index (κ1) is 14.6. The van der Waals surface area contributed by atoms with Crippen LogP contribution in [0.5, 0.6) is 5.75 Å². The number of rotatable bonds is 6. The molecule has 4 heteroatoms. The van der Waals surface area contributed by atoms with Crippen LogP contribution in [0.3, 0.4) is 0 Å². The van der Waals surface area contributed by atoms with Crippen LogP contribution >= 0.6 is 11.3 Å². The third-order valence-corrected chi connectivity index (χ3v) is 4.18. The Kier molecular flexibility index (Phi) is 5.16. The summed E-state index contributed by atoms with van der Waals surface area (Å²) in [4.78, 5) is 1.39. The topological polar surface area (TPSA) is 45.0 Å². The van der Waals surface area contributed by atoms with Gasteiger partial charge in [0.05, 0.1) is 12.7 Å². The third kappa shape index (κ3) is 3.38. The van der Waals surface area contributed by atoms with E-state index in [0.29, 0.717) is 11.3 Å². The molecule has 0 saturated heterocycles. The average molecular weight is 286 g/mol. The lowest BCUT2D eigenvalue weighted by Gasteiger charge is -2.08. The van der Waals surface area contributed by atoms with Crippen LogP contribution in [-0.4, -0.2) is 7.11 Å². The maximum Gasteiger partial charge on any atom is 0.136 e. The van der Waals surface area contributed by atoms with Crippen LogP contribution in [0.25, 0.3) is 0 Å². The number of hydrogen-bond acceptors (Lipinski definition) is 4. The summed E-state index contributed by atoms with van der Waals surface area (Å²) in [6.07, 6.45) is 1.07. The lowest BCUT2D eigenvalue weighted by atomic mass is 10.1. The predicted octanol–water partition coefficient (Wildman–Crippen LogP) is 3.48. The summed E-state index contributed by atoms with van der Waals surface area (Å²) in [7, 11) is 1.58. The second kappa shape index (κ2) is 7.09. The minimum Gasteiger partial charge on any atom is -0.495 e. The minimum absolute atomic E-state index is 0.581. The van der Waals surface area contributed by atoms with Crippen molar-refractivity contribution in [3.8, 4) is 11.8 Å². The number of nitrogens with zero attached hydrogens (tertiary/aromatic N) is 1. The molecular weight excluding hydrogens is 268 g/mol. The summed E-state index contributed by atoms with van der Waals surface area (Å²) >= 11 is 1.79. The van der Waals surface area contributed by atoms with Crippen molar-refractivity contribution in [1.82, 2.24) is 5.32 Å². The van der Waals surface area contributed by atoms with E-state index in [4.69, 9.17) is 10.00 Å². The van der Waals surface area contributed by atoms with Gasteiger partial charge in [-0.25, -0.2) is 0 Å². The average Bonchev–Trinajstić information content (AvgIpc) is 2.94. The number of aryl methyl sites for hydroxylation is 1. The zero-order valence-corrected chi connectivity index (χ0v) is 12.6. The largest absolute Gasteiger partial charge is 0.495 e. The summed E-state index contributed by atoms with van der Waals surface area (Å²) in [6, 6.07) is 10.1. The van der Waals surface area contributed by atoms with Crippen molar-refractivity contribution in [1.29, 1.82) is 5.26 Å². The molecule has 1 aromatic heterocycles. The molecule has 104 valence electrons. The molecule has 1 aromatic carbocycles. The van der Waals surface area contributed by atoms with Crippen LogP contribution in [0.4, 0.5) is 0 Å². The maximum atomic E-state index is 9.07. The monoisotopic (exact) mass is 286 g/mol. The van der Waals surface area contributed by atoms with Crippen LogP contribution in [-0.2, 0) is 19.5 Å². The fourth-order valence-electron chi connectivity index (χ4n) is 2.11. The van der Waals surface area contributed by atoms with Gasteiger partial charge in [-0.15, -0.1) is 11.3 Å². The molecule has 1 heterocycles. The second-order valence-electron chi connectivity index (χ2n) is 4.47. The molecule has 3 nitrogen and oxygen atoms in total. The summed E-state index contributed by atoms with van der Waals surface area (Å²) in [5, 5.41) is 14.6. The number of hydrogen-bond donors (Lipinski definition) is 1. The van der Waals surface area contributed by atoms with E-state index in [0.717, 1.165) is 25.1 Å². The molecule has 20 heavy (non-hydrogen) atoms. The molecule has 0 bridgehead atoms. The van der Waals surface area contributed by atoms with E-state index in [1.165, 1.54) is 10.4 Å². The van der Waals surface area contributed by atoms with E-state index in [1.54, 1.807) is 18.4 Å². The van der Waals surface area contributed by atoms with Gasteiger partial charge in [-0.2, -0.15) is 5.26 Å². The molecule has 0 aliphatic carbocycles. The zero-order chi connectivity index (χ0) is 14.4. The van der Waals surface area contributed by atoms with Crippen molar-refractivity contribution in [2.24, 2.45) is 0 Å². The number of thiophene rings is 1. The Balaban J connectivity index is 1.96. The van der Waals surface area contributed by atoms with Crippen molar-refractivity contribution < 1.29 is 4.74 Å². The molecule has 0 amide bonds. The molecule has 0 aliphatic heterocycles. The van der Waals surface area contributed by atoms with Gasteiger partial charge in [0.1, 0.15) is 11.8 Å².